The van der Waals surface area contributed by atoms with Crippen LogP contribution in [0.5, 0.6) is 0 Å². The first kappa shape index (κ1) is 34.4. The monoisotopic (exact) mass is 706 g/mol. The van der Waals surface area contributed by atoms with Crippen LogP contribution in [0.3, 0.4) is 0 Å². The van der Waals surface area contributed by atoms with Crippen LogP contribution in [0.2, 0.25) is 0 Å². The molecule has 0 bridgehead atoms. The Morgan fingerprint density at radius 3 is 2.09 bits per heavy atom. The van der Waals surface area contributed by atoms with Crippen LogP contribution in [-0.2, 0) is 33.9 Å². The molecule has 0 spiro atoms. The zero-order chi connectivity index (χ0) is 36.5. The molecule has 1 fully saturated rings. The van der Waals surface area contributed by atoms with Gasteiger partial charge in [-0.25, -0.2) is 9.59 Å². The van der Waals surface area contributed by atoms with Gasteiger partial charge in [0.1, 0.15) is 0 Å². The molecule has 1 saturated heterocycles. The van der Waals surface area contributed by atoms with Crippen LogP contribution in [0.4, 0.5) is 0 Å². The lowest BCUT2D eigenvalue weighted by Crippen LogP contribution is -2.37. The molecule has 0 aliphatic carbocycles. The molecule has 8 rings (SSSR count). The number of amides is 1. The quantitative estimate of drug-likeness (QED) is 0.0861. The topological polar surface area (TPSA) is 114 Å². The molecule has 2 N–H and O–H groups in total. The molecule has 9 nitrogen and oxygen atoms in total. The van der Waals surface area contributed by atoms with E-state index in [0.29, 0.717) is 13.0 Å². The van der Waals surface area contributed by atoms with Crippen LogP contribution < -0.4 is 5.32 Å². The van der Waals surface area contributed by atoms with Gasteiger partial charge in [-0.2, -0.15) is 0 Å². The average Bonchev–Trinajstić information content (AvgIpc) is 3.48. The van der Waals surface area contributed by atoms with Crippen molar-refractivity contribution in [1.82, 2.24) is 10.2 Å². The van der Waals surface area contributed by atoms with E-state index >= 15 is 0 Å². The van der Waals surface area contributed by atoms with E-state index in [0.717, 1.165) is 28.8 Å². The van der Waals surface area contributed by atoms with Crippen LogP contribution in [-0.4, -0.2) is 47.5 Å². The van der Waals surface area contributed by atoms with Gasteiger partial charge >= 0.3 is 11.9 Å². The zero-order valence-electron chi connectivity index (χ0n) is 29.2. The highest BCUT2D eigenvalue weighted by molar-refractivity contribution is 6.15. The Bertz CT molecular complexity index is 2280. The first-order valence-corrected chi connectivity index (χ1v) is 17.7. The summed E-state index contributed by atoms with van der Waals surface area (Å²) >= 11 is 0. The summed E-state index contributed by atoms with van der Waals surface area (Å²) in [7, 11) is 2.13. The van der Waals surface area contributed by atoms with Crippen LogP contribution in [0.15, 0.2) is 121 Å². The number of ether oxygens (including phenoxy) is 3. The number of hydrogen-bond donors (Lipinski definition) is 2. The summed E-state index contributed by atoms with van der Waals surface area (Å²) in [4.78, 5) is 38.9. The normalized spacial score (nSPS) is 18.4. The van der Waals surface area contributed by atoms with Gasteiger partial charge in [0, 0.05) is 37.2 Å². The summed E-state index contributed by atoms with van der Waals surface area (Å²) in [5.41, 5.74) is 5.38. The minimum absolute atomic E-state index is 0.0242. The number of aliphatic hydroxyl groups is 1. The number of nitrogens with one attached hydrogen (secondary N) is 1. The Kier molecular flexibility index (Phi) is 9.55. The third-order valence-electron chi connectivity index (χ3n) is 10.1. The minimum Gasteiger partial charge on any atom is -0.392 e. The second kappa shape index (κ2) is 14.7. The first-order chi connectivity index (χ1) is 25.8. The highest BCUT2D eigenvalue weighted by Gasteiger charge is 2.33. The molecule has 2 heterocycles. The van der Waals surface area contributed by atoms with E-state index in [2.05, 4.69) is 76.6 Å². The number of fused-ring (bicyclic) bond motifs is 3. The van der Waals surface area contributed by atoms with Gasteiger partial charge in [0.15, 0.2) is 6.29 Å². The number of cyclic esters (lactones) is 2. The number of esters is 2. The van der Waals surface area contributed by atoms with Crippen molar-refractivity contribution in [3.8, 4) is 0 Å². The summed E-state index contributed by atoms with van der Waals surface area (Å²) in [5.74, 6) is -1.83. The molecule has 266 valence electrons. The van der Waals surface area contributed by atoms with E-state index in [1.165, 1.54) is 45.3 Å². The van der Waals surface area contributed by atoms with E-state index in [-0.39, 0.29) is 48.0 Å². The van der Waals surface area contributed by atoms with Crippen molar-refractivity contribution >= 4 is 39.4 Å². The molecule has 9 heteroatoms. The number of nitrogens with zero attached hydrogens (tertiary/aromatic N) is 1. The van der Waals surface area contributed by atoms with E-state index in [4.69, 9.17) is 9.47 Å². The van der Waals surface area contributed by atoms with E-state index in [9.17, 15) is 19.5 Å². The maximum atomic E-state index is 12.9. The van der Waals surface area contributed by atoms with Gasteiger partial charge in [0.25, 0.3) is 5.91 Å². The Balaban J connectivity index is 0.983. The van der Waals surface area contributed by atoms with Crippen molar-refractivity contribution in [3.05, 3.63) is 166 Å². The summed E-state index contributed by atoms with van der Waals surface area (Å²) in [6, 6.07) is 39.2. The van der Waals surface area contributed by atoms with E-state index in [1.54, 1.807) is 0 Å². The second-order valence-electron chi connectivity index (χ2n) is 13.7. The maximum Gasteiger partial charge on any atom is 0.346 e. The number of rotatable bonds is 10. The van der Waals surface area contributed by atoms with Gasteiger partial charge in [-0.15, -0.1) is 0 Å². The predicted molar refractivity (Wildman–Crippen MR) is 200 cm³/mol. The van der Waals surface area contributed by atoms with Gasteiger partial charge in [-0.3, -0.25) is 9.69 Å². The lowest BCUT2D eigenvalue weighted by atomic mass is 9.96. The summed E-state index contributed by atoms with van der Waals surface area (Å²) < 4.78 is 17.9. The highest BCUT2D eigenvalue weighted by Crippen LogP contribution is 2.39. The minimum atomic E-state index is -0.751. The maximum absolute atomic E-state index is 12.9. The standard InChI is InChI=1S/C44H38N2O7/c1-46(25-39-35-8-4-2-6-31(35)20-32-7-3-5-9-36(32)39)24-34-22-40(29-14-12-28(26-47)13-15-29)52-44(51-34)30-16-10-27(11-17-30)23-45-41(48)33-18-19-37-38(21-33)43(50)53-42(37)49/h2-21,34,40,44,47H,22-26H2,1H3,(H,45,48)/t34-,40+,44?/m0/s1. The number of likely N-dealkylation sites (N-methyl/N-ethyl adjacent to an activating group) is 1. The molecule has 1 amide bonds. The Labute approximate surface area is 306 Å². The smallest absolute Gasteiger partial charge is 0.346 e. The van der Waals surface area contributed by atoms with Gasteiger partial charge in [0.2, 0.25) is 0 Å². The van der Waals surface area contributed by atoms with E-state index < -0.39 is 18.2 Å². The molecule has 0 radical (unpaired) electrons. The van der Waals surface area contributed by atoms with Crippen molar-refractivity contribution in [3.63, 3.8) is 0 Å². The second-order valence-corrected chi connectivity index (χ2v) is 13.7. The molecule has 0 saturated carbocycles. The van der Waals surface area contributed by atoms with Crippen molar-refractivity contribution in [1.29, 1.82) is 0 Å². The molecular weight excluding hydrogens is 668 g/mol. The molecule has 2 aliphatic heterocycles. The summed E-state index contributed by atoms with van der Waals surface area (Å²) in [5, 5.41) is 17.4. The molecule has 53 heavy (non-hydrogen) atoms. The van der Waals surface area contributed by atoms with Gasteiger partial charge in [0.05, 0.1) is 29.9 Å². The number of benzene rings is 6. The van der Waals surface area contributed by atoms with Gasteiger partial charge < -0.3 is 24.6 Å². The van der Waals surface area contributed by atoms with Crippen LogP contribution in [0.1, 0.15) is 77.7 Å². The fourth-order valence-electron chi connectivity index (χ4n) is 7.30. The zero-order valence-corrected chi connectivity index (χ0v) is 29.2. The van der Waals surface area contributed by atoms with Crippen molar-refractivity contribution in [2.24, 2.45) is 0 Å². The molecular formula is C44H38N2O7. The third-order valence-corrected chi connectivity index (χ3v) is 10.1. The number of aliphatic hydroxyl groups excluding tert-OH is 1. The van der Waals surface area contributed by atoms with Gasteiger partial charge in [-0.1, -0.05) is 97.1 Å². The summed E-state index contributed by atoms with van der Waals surface area (Å²) in [6.07, 6.45) is -0.326. The molecule has 0 aromatic heterocycles. The van der Waals surface area contributed by atoms with Crippen LogP contribution >= 0.6 is 0 Å². The molecule has 6 aromatic rings. The van der Waals surface area contributed by atoms with Crippen molar-refractivity contribution < 1.29 is 33.7 Å². The lowest BCUT2D eigenvalue weighted by molar-refractivity contribution is -0.252. The molecule has 2 aliphatic rings. The van der Waals surface area contributed by atoms with Crippen LogP contribution in [0.25, 0.3) is 21.5 Å². The Hall–Kier alpha value is -5.71. The van der Waals surface area contributed by atoms with Crippen molar-refractivity contribution in [2.45, 2.75) is 44.6 Å². The largest absolute Gasteiger partial charge is 0.392 e. The number of hydrogen-bond acceptors (Lipinski definition) is 8. The van der Waals surface area contributed by atoms with E-state index in [1.807, 2.05) is 48.5 Å². The molecule has 1 unspecified atom stereocenters. The number of carbonyl (C=O) groups excluding carboxylic acids is 3. The molecule has 6 aromatic carbocycles. The fourth-order valence-corrected chi connectivity index (χ4v) is 7.30. The van der Waals surface area contributed by atoms with Crippen molar-refractivity contribution in [2.75, 3.05) is 13.6 Å². The van der Waals surface area contributed by atoms with Crippen LogP contribution in [0, 0.1) is 0 Å². The lowest BCUT2D eigenvalue weighted by Gasteiger charge is -2.38. The Morgan fingerprint density at radius 2 is 1.40 bits per heavy atom. The summed E-state index contributed by atoms with van der Waals surface area (Å²) in [6.45, 7) is 1.66. The number of carbonyl (C=O) groups is 3. The van der Waals surface area contributed by atoms with Gasteiger partial charge in [-0.05, 0) is 75.1 Å². The first-order valence-electron chi connectivity index (χ1n) is 17.7. The third kappa shape index (κ3) is 7.20. The Morgan fingerprint density at radius 1 is 0.755 bits per heavy atom. The predicted octanol–water partition coefficient (Wildman–Crippen LogP) is 7.40. The highest BCUT2D eigenvalue weighted by atomic mass is 16.7. The average molecular weight is 707 g/mol. The SMILES string of the molecule is CN(Cc1c2ccccc2cc2ccccc12)C[C@@H]1C[C@H](c2ccc(CO)cc2)OC(c2ccc(CNC(=O)c3ccc4c(c3)C(=O)OC4=O)cc2)O1. The molecule has 3 atom stereocenters. The fraction of sp³-hybridized carbons (Fsp3) is 0.205.